The average molecular weight is 312 g/mol. The molecule has 0 saturated carbocycles. The van der Waals surface area contributed by atoms with E-state index in [4.69, 9.17) is 4.74 Å². The molecule has 1 aliphatic heterocycles. The van der Waals surface area contributed by atoms with E-state index in [9.17, 15) is 5.11 Å². The van der Waals surface area contributed by atoms with Crippen molar-refractivity contribution >= 4 is 0 Å². The van der Waals surface area contributed by atoms with E-state index in [1.54, 1.807) is 0 Å². The number of piperidine rings is 1. The molecule has 3 rings (SSSR count). The minimum atomic E-state index is -0.785. The topological polar surface area (TPSA) is 45.6 Å². The summed E-state index contributed by atoms with van der Waals surface area (Å²) >= 11 is 0. The van der Waals surface area contributed by atoms with Gasteiger partial charge in [0.1, 0.15) is 18.0 Å². The minimum absolute atomic E-state index is 0.333. The lowest BCUT2D eigenvalue weighted by atomic mass is 9.93. The summed E-state index contributed by atoms with van der Waals surface area (Å²) in [4.78, 5) is 6.63. The Morgan fingerprint density at radius 1 is 1.22 bits per heavy atom. The number of hydrogen-bond acceptors (Lipinski definition) is 4. The molecule has 1 aliphatic rings. The number of pyridine rings is 1. The van der Waals surface area contributed by atoms with Crippen LogP contribution in [0.4, 0.5) is 0 Å². The third-order valence-corrected chi connectivity index (χ3v) is 4.26. The lowest BCUT2D eigenvalue weighted by molar-refractivity contribution is -0.0621. The van der Waals surface area contributed by atoms with E-state index in [0.29, 0.717) is 13.2 Å². The van der Waals surface area contributed by atoms with Gasteiger partial charge in [0.2, 0.25) is 0 Å². The minimum Gasteiger partial charge on any atom is -0.491 e. The Bertz CT molecular complexity index is 615. The third-order valence-electron chi connectivity index (χ3n) is 4.26. The Labute approximate surface area is 137 Å². The predicted octanol–water partition coefficient (Wildman–Crippen LogP) is 2.80. The first-order chi connectivity index (χ1) is 11.1. The van der Waals surface area contributed by atoms with E-state index in [1.807, 2.05) is 49.5 Å². The van der Waals surface area contributed by atoms with Crippen LogP contribution < -0.4 is 4.74 Å². The molecule has 2 aromatic rings. The fourth-order valence-electron chi connectivity index (χ4n) is 3.04. The number of hydrogen-bond donors (Lipinski definition) is 1. The van der Waals surface area contributed by atoms with Crippen LogP contribution in [-0.2, 0) is 6.54 Å². The van der Waals surface area contributed by atoms with Gasteiger partial charge in [-0.3, -0.25) is 9.88 Å². The van der Waals surface area contributed by atoms with Crippen molar-refractivity contribution < 1.29 is 9.84 Å². The third kappa shape index (κ3) is 4.53. The van der Waals surface area contributed by atoms with Gasteiger partial charge in [-0.2, -0.15) is 0 Å². The van der Waals surface area contributed by atoms with E-state index in [0.717, 1.165) is 37.4 Å². The molecule has 1 saturated heterocycles. The Morgan fingerprint density at radius 3 is 2.78 bits per heavy atom. The van der Waals surface area contributed by atoms with Crippen LogP contribution in [0.25, 0.3) is 0 Å². The Kier molecular flexibility index (Phi) is 4.94. The van der Waals surface area contributed by atoms with Crippen molar-refractivity contribution in [3.05, 3.63) is 59.9 Å². The summed E-state index contributed by atoms with van der Waals surface area (Å²) in [5.74, 6) is 0.806. The number of aromatic nitrogens is 1. The van der Waals surface area contributed by atoms with Crippen LogP contribution in [0.3, 0.4) is 0 Å². The quantitative estimate of drug-likeness (QED) is 0.922. The Hall–Kier alpha value is -1.91. The number of aryl methyl sites for hydroxylation is 1. The monoisotopic (exact) mass is 312 g/mol. The summed E-state index contributed by atoms with van der Waals surface area (Å²) in [6, 6.07) is 13.8. The standard InChI is InChI=1S/C19H24N2O2/c1-16-8-9-17(12-20-16)13-21-11-5-10-19(22,14-21)15-23-18-6-3-2-4-7-18/h2-4,6-9,12,22H,5,10-11,13-15H2,1H3/t19-/m0/s1. The maximum absolute atomic E-state index is 10.8. The Balaban J connectivity index is 1.57. The fraction of sp³-hybridized carbons (Fsp3) is 0.421. The molecule has 0 spiro atoms. The van der Waals surface area contributed by atoms with Gasteiger partial charge in [0.25, 0.3) is 0 Å². The molecule has 0 bridgehead atoms. The van der Waals surface area contributed by atoms with E-state index in [-0.39, 0.29) is 0 Å². The zero-order valence-electron chi connectivity index (χ0n) is 13.6. The van der Waals surface area contributed by atoms with Crippen LogP contribution in [-0.4, -0.2) is 40.3 Å². The van der Waals surface area contributed by atoms with Crippen LogP contribution in [0.2, 0.25) is 0 Å². The van der Waals surface area contributed by atoms with Crippen molar-refractivity contribution in [2.24, 2.45) is 0 Å². The van der Waals surface area contributed by atoms with Crippen molar-refractivity contribution in [3.8, 4) is 5.75 Å². The van der Waals surface area contributed by atoms with Gasteiger partial charge in [0.05, 0.1) is 0 Å². The molecule has 1 fully saturated rings. The van der Waals surface area contributed by atoms with Crippen LogP contribution >= 0.6 is 0 Å². The lowest BCUT2D eigenvalue weighted by Crippen LogP contribution is -2.51. The van der Waals surface area contributed by atoms with Crippen molar-refractivity contribution in [3.63, 3.8) is 0 Å². The first kappa shape index (κ1) is 16.0. The largest absolute Gasteiger partial charge is 0.491 e. The summed E-state index contributed by atoms with van der Waals surface area (Å²) < 4.78 is 5.77. The number of β-amino-alcohol motifs (C(OH)–C–C–N with tert-alkyl or cyclic N) is 1. The molecule has 4 nitrogen and oxygen atoms in total. The van der Waals surface area contributed by atoms with Gasteiger partial charge in [-0.25, -0.2) is 0 Å². The molecule has 0 unspecified atom stereocenters. The molecule has 1 N–H and O–H groups in total. The van der Waals surface area contributed by atoms with E-state index in [1.165, 1.54) is 5.56 Å². The van der Waals surface area contributed by atoms with Crippen molar-refractivity contribution in [2.45, 2.75) is 31.9 Å². The smallest absolute Gasteiger partial charge is 0.119 e. The number of aliphatic hydroxyl groups is 1. The second-order valence-electron chi connectivity index (χ2n) is 6.45. The number of rotatable bonds is 5. The summed E-state index contributed by atoms with van der Waals surface area (Å²) in [6.45, 7) is 4.78. The number of likely N-dealkylation sites (tertiary alicyclic amines) is 1. The number of para-hydroxylation sites is 1. The van der Waals surface area contributed by atoms with E-state index in [2.05, 4.69) is 16.0 Å². The first-order valence-corrected chi connectivity index (χ1v) is 8.17. The molecular weight excluding hydrogens is 288 g/mol. The molecule has 1 aromatic carbocycles. The highest BCUT2D eigenvalue weighted by atomic mass is 16.5. The SMILES string of the molecule is Cc1ccc(CN2CCC[C@@](O)(COc3ccccc3)C2)cn1. The van der Waals surface area contributed by atoms with Gasteiger partial charge in [-0.15, -0.1) is 0 Å². The van der Waals surface area contributed by atoms with Gasteiger partial charge in [0, 0.05) is 25.0 Å². The normalized spacial score (nSPS) is 22.0. The molecule has 0 radical (unpaired) electrons. The average Bonchev–Trinajstić information content (AvgIpc) is 2.56. The maximum Gasteiger partial charge on any atom is 0.119 e. The molecule has 122 valence electrons. The van der Waals surface area contributed by atoms with E-state index >= 15 is 0 Å². The van der Waals surface area contributed by atoms with Gasteiger partial charge < -0.3 is 9.84 Å². The summed E-state index contributed by atoms with van der Waals surface area (Å²) in [5.41, 5.74) is 1.43. The lowest BCUT2D eigenvalue weighted by Gasteiger charge is -2.39. The number of benzene rings is 1. The van der Waals surface area contributed by atoms with Crippen LogP contribution in [0.1, 0.15) is 24.1 Å². The molecule has 2 heterocycles. The zero-order chi connectivity index (χ0) is 16.1. The van der Waals surface area contributed by atoms with Gasteiger partial charge in [-0.05, 0) is 50.1 Å². The molecule has 23 heavy (non-hydrogen) atoms. The highest BCUT2D eigenvalue weighted by Crippen LogP contribution is 2.24. The van der Waals surface area contributed by atoms with Crippen LogP contribution in [0, 0.1) is 6.92 Å². The van der Waals surface area contributed by atoms with Crippen LogP contribution in [0.15, 0.2) is 48.7 Å². The van der Waals surface area contributed by atoms with Gasteiger partial charge in [0.15, 0.2) is 0 Å². The van der Waals surface area contributed by atoms with Gasteiger partial charge >= 0.3 is 0 Å². The molecular formula is C19H24N2O2. The highest BCUT2D eigenvalue weighted by molar-refractivity contribution is 5.21. The van der Waals surface area contributed by atoms with Crippen molar-refractivity contribution in [2.75, 3.05) is 19.7 Å². The molecule has 1 aromatic heterocycles. The van der Waals surface area contributed by atoms with Gasteiger partial charge in [-0.1, -0.05) is 24.3 Å². The predicted molar refractivity (Wildman–Crippen MR) is 90.4 cm³/mol. The second kappa shape index (κ2) is 7.11. The summed E-state index contributed by atoms with van der Waals surface area (Å²) in [7, 11) is 0. The van der Waals surface area contributed by atoms with E-state index < -0.39 is 5.60 Å². The molecule has 1 atom stereocenters. The number of ether oxygens (including phenoxy) is 1. The fourth-order valence-corrected chi connectivity index (χ4v) is 3.04. The van der Waals surface area contributed by atoms with Crippen LogP contribution in [0.5, 0.6) is 5.75 Å². The summed E-state index contributed by atoms with van der Waals surface area (Å²) in [5, 5.41) is 10.8. The highest BCUT2D eigenvalue weighted by Gasteiger charge is 2.34. The molecule has 4 heteroatoms. The Morgan fingerprint density at radius 2 is 2.04 bits per heavy atom. The molecule has 0 amide bonds. The first-order valence-electron chi connectivity index (χ1n) is 8.17. The maximum atomic E-state index is 10.8. The zero-order valence-corrected chi connectivity index (χ0v) is 13.6. The second-order valence-corrected chi connectivity index (χ2v) is 6.45. The van der Waals surface area contributed by atoms with Crippen molar-refractivity contribution in [1.29, 1.82) is 0 Å². The summed E-state index contributed by atoms with van der Waals surface area (Å²) in [6.07, 6.45) is 3.68. The number of nitrogens with zero attached hydrogens (tertiary/aromatic N) is 2. The van der Waals surface area contributed by atoms with Crippen molar-refractivity contribution in [1.82, 2.24) is 9.88 Å². The molecule has 0 aliphatic carbocycles.